The molecule has 0 heterocycles. The Balaban J connectivity index is 3.20. The van der Waals surface area contributed by atoms with E-state index in [0.29, 0.717) is 18.7 Å². The van der Waals surface area contributed by atoms with E-state index in [9.17, 15) is 13.5 Å². The van der Waals surface area contributed by atoms with E-state index in [-0.39, 0.29) is 24.5 Å². The molecule has 0 aromatic carbocycles. The maximum absolute atomic E-state index is 13.1. The van der Waals surface area contributed by atoms with Gasteiger partial charge in [-0.05, 0) is 27.2 Å². The van der Waals surface area contributed by atoms with Crippen LogP contribution in [0.2, 0.25) is 0 Å². The van der Waals surface area contributed by atoms with Crippen LogP contribution in [0.25, 0.3) is 0 Å². The first-order chi connectivity index (χ1) is 8.92. The van der Waals surface area contributed by atoms with Crippen LogP contribution in [0.15, 0.2) is 16.6 Å². The Morgan fingerprint density at radius 2 is 2.16 bits per heavy atom. The van der Waals surface area contributed by atoms with E-state index in [0.717, 1.165) is 9.88 Å². The summed E-state index contributed by atoms with van der Waals surface area (Å²) in [5.74, 6) is -0.0610. The number of allylic oxidation sites excluding steroid dienone is 1. The number of hydrogen-bond acceptors (Lipinski definition) is 4. The molecule has 106 valence electrons. The van der Waals surface area contributed by atoms with Crippen molar-refractivity contribution in [1.82, 2.24) is 4.31 Å². The first kappa shape index (κ1) is 15.9. The summed E-state index contributed by atoms with van der Waals surface area (Å²) in [6, 6.07) is 0. The smallest absolute Gasteiger partial charge is 0.250 e. The molecule has 1 unspecified atom stereocenters. The largest absolute Gasteiger partial charge is 0.300 e. The number of nitrogens with zero attached hydrogens (tertiary/aromatic N) is 2. The summed E-state index contributed by atoms with van der Waals surface area (Å²) in [7, 11) is 1.50. The Bertz CT molecular complexity index is 448. The lowest BCUT2D eigenvalue weighted by molar-refractivity contribution is -0.133. The number of carbonyl (C=O) groups excluding carboxylic acids is 2. The van der Waals surface area contributed by atoms with Crippen molar-refractivity contribution < 1.29 is 13.5 Å². The van der Waals surface area contributed by atoms with Gasteiger partial charge in [0.1, 0.15) is 11.6 Å². The van der Waals surface area contributed by atoms with Gasteiger partial charge in [0.25, 0.3) is 5.91 Å². The molecular weight excluding hydrogens is 267 g/mol. The van der Waals surface area contributed by atoms with Crippen LogP contribution in [-0.4, -0.2) is 28.9 Å². The average molecular weight is 286 g/mol. The number of Topliss-reactive ketones (excluding diaryl/α,β-unsaturated/α-hetero) is 1. The van der Waals surface area contributed by atoms with Crippen molar-refractivity contribution in [1.29, 1.82) is 0 Å². The lowest BCUT2D eigenvalue weighted by atomic mass is 9.78. The van der Waals surface area contributed by atoms with E-state index in [1.165, 1.54) is 7.05 Å². The van der Waals surface area contributed by atoms with Crippen molar-refractivity contribution >= 4 is 29.9 Å². The normalized spacial score (nSPS) is 24.8. The minimum atomic E-state index is -0.906. The van der Waals surface area contributed by atoms with Gasteiger partial charge >= 0.3 is 0 Å². The topological polar surface area (TPSA) is 49.7 Å². The molecule has 19 heavy (non-hydrogen) atoms. The van der Waals surface area contributed by atoms with Gasteiger partial charge in [0.05, 0.1) is 5.41 Å². The van der Waals surface area contributed by atoms with Gasteiger partial charge in [0.2, 0.25) is 0 Å². The second kappa shape index (κ2) is 6.32. The van der Waals surface area contributed by atoms with Crippen LogP contribution in [-0.2, 0) is 9.59 Å². The van der Waals surface area contributed by atoms with Crippen molar-refractivity contribution in [2.75, 3.05) is 7.05 Å². The van der Waals surface area contributed by atoms with Gasteiger partial charge in [-0.1, -0.05) is 11.6 Å². The fourth-order valence-electron chi connectivity index (χ4n) is 2.34. The summed E-state index contributed by atoms with van der Waals surface area (Å²) in [5, 5.41) is 0. The third-order valence-corrected chi connectivity index (χ3v) is 4.37. The van der Waals surface area contributed by atoms with Gasteiger partial charge < -0.3 is 0 Å². The SMILES string of the molecule is C/C=C(\C)C1(C(=O)N(SF)C(C)=NC)CCC(=O)C1. The summed E-state index contributed by atoms with van der Waals surface area (Å²) < 4.78 is 14.0. The first-order valence-electron chi connectivity index (χ1n) is 6.14. The summed E-state index contributed by atoms with van der Waals surface area (Å²) in [6.45, 7) is 5.21. The average Bonchev–Trinajstić information content (AvgIpc) is 2.81. The number of carbonyl (C=O) groups is 2. The number of rotatable bonds is 3. The van der Waals surface area contributed by atoms with Crippen LogP contribution in [0.3, 0.4) is 0 Å². The Labute approximate surface area is 117 Å². The highest BCUT2D eigenvalue weighted by Gasteiger charge is 2.48. The van der Waals surface area contributed by atoms with Gasteiger partial charge in [-0.3, -0.25) is 14.6 Å². The van der Waals surface area contributed by atoms with E-state index in [1.54, 1.807) is 6.92 Å². The Kier molecular flexibility index (Phi) is 5.29. The lowest BCUT2D eigenvalue weighted by Crippen LogP contribution is -2.42. The predicted octanol–water partition coefficient (Wildman–Crippen LogP) is 3.10. The zero-order valence-corrected chi connectivity index (χ0v) is 12.5. The molecule has 1 fully saturated rings. The lowest BCUT2D eigenvalue weighted by Gasteiger charge is -2.31. The van der Waals surface area contributed by atoms with Crippen molar-refractivity contribution in [3.63, 3.8) is 0 Å². The number of ketones is 1. The van der Waals surface area contributed by atoms with Gasteiger partial charge in [0, 0.05) is 19.9 Å². The van der Waals surface area contributed by atoms with E-state index < -0.39 is 11.3 Å². The molecule has 0 N–H and O–H groups in total. The molecule has 0 aromatic rings. The van der Waals surface area contributed by atoms with E-state index in [2.05, 4.69) is 4.99 Å². The van der Waals surface area contributed by atoms with Crippen LogP contribution in [0.5, 0.6) is 0 Å². The Morgan fingerprint density at radius 1 is 1.53 bits per heavy atom. The highest BCUT2D eigenvalue weighted by Crippen LogP contribution is 2.45. The summed E-state index contributed by atoms with van der Waals surface area (Å²) >= 11 is -0.160. The molecule has 0 spiro atoms. The molecule has 4 nitrogen and oxygen atoms in total. The zero-order chi connectivity index (χ0) is 14.6. The molecule has 1 atom stereocenters. The van der Waals surface area contributed by atoms with Crippen molar-refractivity contribution in [3.05, 3.63) is 11.6 Å². The molecule has 0 bridgehead atoms. The Morgan fingerprint density at radius 3 is 2.53 bits per heavy atom. The van der Waals surface area contributed by atoms with Gasteiger partial charge in [-0.15, -0.1) is 3.89 Å². The fraction of sp³-hybridized carbons (Fsp3) is 0.615. The molecule has 1 amide bonds. The van der Waals surface area contributed by atoms with E-state index in [4.69, 9.17) is 0 Å². The zero-order valence-electron chi connectivity index (χ0n) is 11.7. The maximum atomic E-state index is 13.1. The second-order valence-electron chi connectivity index (χ2n) is 4.71. The molecular formula is C13H19FN2O2S. The molecule has 0 aliphatic heterocycles. The molecule has 1 aliphatic rings. The van der Waals surface area contributed by atoms with Gasteiger partial charge in [0.15, 0.2) is 12.3 Å². The van der Waals surface area contributed by atoms with E-state index in [1.807, 2.05) is 19.9 Å². The number of amidine groups is 1. The third-order valence-electron chi connectivity index (χ3n) is 3.80. The van der Waals surface area contributed by atoms with Gasteiger partial charge in [-0.25, -0.2) is 4.31 Å². The van der Waals surface area contributed by atoms with Crippen LogP contribution >= 0.6 is 12.3 Å². The quantitative estimate of drug-likeness (QED) is 0.347. The maximum Gasteiger partial charge on any atom is 0.250 e. The van der Waals surface area contributed by atoms with Crippen molar-refractivity contribution in [3.8, 4) is 0 Å². The molecule has 6 heteroatoms. The first-order valence-corrected chi connectivity index (χ1v) is 6.82. The standard InChI is InChI=1S/C13H19FN2O2S/c1-5-9(2)13(7-6-11(17)8-13)12(18)16(19-14)10(3)15-4/h5H,6-8H2,1-4H3/b9-5+,15-10?. The molecule has 1 rings (SSSR count). The molecule has 1 aliphatic carbocycles. The number of halogens is 1. The number of hydrogen-bond donors (Lipinski definition) is 0. The van der Waals surface area contributed by atoms with Gasteiger partial charge in [-0.2, -0.15) is 0 Å². The minimum absolute atomic E-state index is 0.0458. The number of amides is 1. The number of aliphatic imine (C=N–C) groups is 1. The predicted molar refractivity (Wildman–Crippen MR) is 75.3 cm³/mol. The molecule has 0 saturated heterocycles. The van der Waals surface area contributed by atoms with Crippen molar-refractivity contribution in [2.45, 2.75) is 40.0 Å². The monoisotopic (exact) mass is 286 g/mol. The van der Waals surface area contributed by atoms with Crippen LogP contribution in [0.1, 0.15) is 40.0 Å². The highest BCUT2D eigenvalue weighted by molar-refractivity contribution is 7.93. The summed E-state index contributed by atoms with van der Waals surface area (Å²) in [6.07, 6.45) is 2.77. The second-order valence-corrected chi connectivity index (χ2v) is 5.21. The summed E-state index contributed by atoms with van der Waals surface area (Å²) in [5.41, 5.74) is -0.0945. The minimum Gasteiger partial charge on any atom is -0.300 e. The molecule has 0 radical (unpaired) electrons. The van der Waals surface area contributed by atoms with Crippen LogP contribution in [0, 0.1) is 5.41 Å². The third kappa shape index (κ3) is 2.88. The van der Waals surface area contributed by atoms with Crippen molar-refractivity contribution in [2.24, 2.45) is 10.4 Å². The van der Waals surface area contributed by atoms with E-state index >= 15 is 0 Å². The fourth-order valence-corrected chi connectivity index (χ4v) is 2.76. The molecule has 1 saturated carbocycles. The van der Waals surface area contributed by atoms with Crippen LogP contribution in [0.4, 0.5) is 3.89 Å². The Hall–Kier alpha value is -1.17. The van der Waals surface area contributed by atoms with Crippen LogP contribution < -0.4 is 0 Å². The molecule has 0 aromatic heterocycles. The highest BCUT2D eigenvalue weighted by atomic mass is 32.2. The summed E-state index contributed by atoms with van der Waals surface area (Å²) in [4.78, 5) is 28.1.